The maximum Gasteiger partial charge on any atom is 0.272 e. The number of piperidine rings is 1. The first kappa shape index (κ1) is 21.0. The molecule has 0 radical (unpaired) electrons. The van der Waals surface area contributed by atoms with Crippen LogP contribution in [0, 0.1) is 0 Å². The van der Waals surface area contributed by atoms with Crippen LogP contribution in [0.3, 0.4) is 0 Å². The molecule has 3 heterocycles. The Morgan fingerprint density at radius 2 is 1.88 bits per heavy atom. The van der Waals surface area contributed by atoms with Gasteiger partial charge in [-0.2, -0.15) is 0 Å². The molecule has 168 valence electrons. The van der Waals surface area contributed by atoms with E-state index in [1.807, 2.05) is 66.7 Å². The fourth-order valence-corrected chi connectivity index (χ4v) is 4.14. The van der Waals surface area contributed by atoms with E-state index < -0.39 is 0 Å². The summed E-state index contributed by atoms with van der Waals surface area (Å²) < 4.78 is 14.3. The molecule has 1 aliphatic rings. The summed E-state index contributed by atoms with van der Waals surface area (Å²) in [6, 6.07) is 16.0. The van der Waals surface area contributed by atoms with Crippen molar-refractivity contribution in [1.82, 2.24) is 19.4 Å². The number of fused-ring (bicyclic) bond motifs is 1. The Labute approximate surface area is 192 Å². The lowest BCUT2D eigenvalue weighted by Crippen LogP contribution is -2.42. The van der Waals surface area contributed by atoms with Gasteiger partial charge in [-0.25, -0.2) is 4.98 Å². The van der Waals surface area contributed by atoms with Crippen molar-refractivity contribution >= 4 is 16.7 Å². The van der Waals surface area contributed by atoms with Crippen LogP contribution in [-0.4, -0.2) is 44.5 Å². The average molecular weight is 443 g/mol. The zero-order valence-corrected chi connectivity index (χ0v) is 18.6. The number of imidazole rings is 1. The van der Waals surface area contributed by atoms with Crippen molar-refractivity contribution in [1.29, 1.82) is 0 Å². The molecular weight excluding hydrogens is 416 g/mol. The van der Waals surface area contributed by atoms with E-state index in [1.165, 1.54) is 0 Å². The molecule has 2 aromatic carbocycles. The SMILES string of the molecule is Cn1cncc1C(=O)N1CCC(Oc2cc(OCc3ccccc3)cc3ccncc23)CC1. The predicted octanol–water partition coefficient (Wildman–Crippen LogP) is 4.23. The van der Waals surface area contributed by atoms with E-state index in [1.54, 1.807) is 23.3 Å². The largest absolute Gasteiger partial charge is 0.489 e. The summed E-state index contributed by atoms with van der Waals surface area (Å²) in [6.45, 7) is 1.79. The van der Waals surface area contributed by atoms with Crippen molar-refractivity contribution in [3.63, 3.8) is 0 Å². The summed E-state index contributed by atoms with van der Waals surface area (Å²) in [5, 5.41) is 1.98. The third-order valence-electron chi connectivity index (χ3n) is 6.00. The van der Waals surface area contributed by atoms with Crippen LogP contribution in [0.1, 0.15) is 28.9 Å². The number of rotatable bonds is 6. The van der Waals surface area contributed by atoms with Gasteiger partial charge in [-0.1, -0.05) is 30.3 Å². The van der Waals surface area contributed by atoms with Crippen LogP contribution in [0.15, 0.2) is 73.4 Å². The highest BCUT2D eigenvalue weighted by Crippen LogP contribution is 2.33. The Bertz CT molecular complexity index is 1250. The second-order valence-corrected chi connectivity index (χ2v) is 8.29. The highest BCUT2D eigenvalue weighted by molar-refractivity contribution is 5.92. The van der Waals surface area contributed by atoms with Crippen molar-refractivity contribution in [3.05, 3.63) is 84.7 Å². The molecule has 1 amide bonds. The summed E-state index contributed by atoms with van der Waals surface area (Å²) in [5.41, 5.74) is 1.72. The van der Waals surface area contributed by atoms with E-state index >= 15 is 0 Å². The lowest BCUT2D eigenvalue weighted by Gasteiger charge is -2.32. The monoisotopic (exact) mass is 442 g/mol. The van der Waals surface area contributed by atoms with Gasteiger partial charge >= 0.3 is 0 Å². The average Bonchev–Trinajstić information content (AvgIpc) is 3.29. The maximum atomic E-state index is 12.8. The molecule has 0 aliphatic carbocycles. The van der Waals surface area contributed by atoms with Gasteiger partial charge in [0.25, 0.3) is 5.91 Å². The quantitative estimate of drug-likeness (QED) is 0.447. The first-order chi connectivity index (χ1) is 16.2. The summed E-state index contributed by atoms with van der Waals surface area (Å²) in [7, 11) is 1.84. The number of amides is 1. The van der Waals surface area contributed by atoms with Gasteiger partial charge < -0.3 is 18.9 Å². The first-order valence-electron chi connectivity index (χ1n) is 11.1. The Morgan fingerprint density at radius 1 is 1.06 bits per heavy atom. The van der Waals surface area contributed by atoms with E-state index in [4.69, 9.17) is 9.47 Å². The van der Waals surface area contributed by atoms with E-state index in [2.05, 4.69) is 9.97 Å². The molecule has 33 heavy (non-hydrogen) atoms. The molecule has 1 fully saturated rings. The van der Waals surface area contributed by atoms with Crippen LogP contribution in [0.2, 0.25) is 0 Å². The number of benzene rings is 2. The van der Waals surface area contributed by atoms with Gasteiger partial charge in [0.05, 0.1) is 12.5 Å². The molecule has 2 aromatic heterocycles. The number of aryl methyl sites for hydroxylation is 1. The number of pyridine rings is 1. The Hall–Kier alpha value is -3.87. The lowest BCUT2D eigenvalue weighted by atomic mass is 10.1. The number of hydrogen-bond donors (Lipinski definition) is 0. The molecule has 5 rings (SSSR count). The van der Waals surface area contributed by atoms with Crippen LogP contribution < -0.4 is 9.47 Å². The number of aromatic nitrogens is 3. The van der Waals surface area contributed by atoms with Crippen LogP contribution in [0.25, 0.3) is 10.8 Å². The molecule has 0 atom stereocenters. The number of nitrogens with zero attached hydrogens (tertiary/aromatic N) is 4. The molecule has 0 spiro atoms. The zero-order chi connectivity index (χ0) is 22.6. The second kappa shape index (κ2) is 9.32. The maximum absolute atomic E-state index is 12.8. The summed E-state index contributed by atoms with van der Waals surface area (Å²) >= 11 is 0. The predicted molar refractivity (Wildman–Crippen MR) is 125 cm³/mol. The van der Waals surface area contributed by atoms with Gasteiger partial charge in [0, 0.05) is 56.8 Å². The lowest BCUT2D eigenvalue weighted by molar-refractivity contribution is 0.0589. The van der Waals surface area contributed by atoms with E-state index in [9.17, 15) is 4.79 Å². The Morgan fingerprint density at radius 3 is 2.64 bits per heavy atom. The molecular formula is C26H26N4O3. The van der Waals surface area contributed by atoms with Gasteiger partial charge in [0.1, 0.15) is 29.9 Å². The molecule has 0 unspecified atom stereocenters. The third-order valence-corrected chi connectivity index (χ3v) is 6.00. The fourth-order valence-electron chi connectivity index (χ4n) is 4.14. The minimum atomic E-state index is 0.0133. The fraction of sp³-hybridized carbons (Fsp3) is 0.269. The molecule has 1 aliphatic heterocycles. The minimum Gasteiger partial charge on any atom is -0.489 e. The minimum absolute atomic E-state index is 0.0133. The third kappa shape index (κ3) is 4.67. The van der Waals surface area contributed by atoms with Gasteiger partial charge in [-0.3, -0.25) is 9.78 Å². The van der Waals surface area contributed by atoms with Crippen molar-refractivity contribution in [2.45, 2.75) is 25.6 Å². The van der Waals surface area contributed by atoms with Crippen LogP contribution >= 0.6 is 0 Å². The van der Waals surface area contributed by atoms with Crippen molar-refractivity contribution in [2.24, 2.45) is 7.05 Å². The highest BCUT2D eigenvalue weighted by atomic mass is 16.5. The van der Waals surface area contributed by atoms with Crippen LogP contribution in [0.4, 0.5) is 0 Å². The molecule has 4 aromatic rings. The summed E-state index contributed by atoms with van der Waals surface area (Å²) in [4.78, 5) is 23.0. The second-order valence-electron chi connectivity index (χ2n) is 8.29. The molecule has 7 heteroatoms. The Kier molecular flexibility index (Phi) is 5.93. The van der Waals surface area contributed by atoms with Crippen LogP contribution in [-0.2, 0) is 13.7 Å². The van der Waals surface area contributed by atoms with Gasteiger partial charge in [-0.05, 0) is 23.1 Å². The van der Waals surface area contributed by atoms with Crippen molar-refractivity contribution < 1.29 is 14.3 Å². The van der Waals surface area contributed by atoms with Gasteiger partial charge in [-0.15, -0.1) is 0 Å². The first-order valence-corrected chi connectivity index (χ1v) is 11.1. The van der Waals surface area contributed by atoms with Crippen LogP contribution in [0.5, 0.6) is 11.5 Å². The number of carbonyl (C=O) groups is 1. The molecule has 7 nitrogen and oxygen atoms in total. The van der Waals surface area contributed by atoms with E-state index in [-0.39, 0.29) is 12.0 Å². The van der Waals surface area contributed by atoms with Gasteiger partial charge in [0.2, 0.25) is 0 Å². The van der Waals surface area contributed by atoms with Crippen molar-refractivity contribution in [3.8, 4) is 11.5 Å². The van der Waals surface area contributed by atoms with E-state index in [0.29, 0.717) is 25.4 Å². The van der Waals surface area contributed by atoms with Gasteiger partial charge in [0.15, 0.2) is 0 Å². The van der Waals surface area contributed by atoms with Crippen molar-refractivity contribution in [2.75, 3.05) is 13.1 Å². The summed E-state index contributed by atoms with van der Waals surface area (Å²) in [5.74, 6) is 1.54. The number of ether oxygens (including phenoxy) is 2. The number of carbonyl (C=O) groups excluding carboxylic acids is 1. The number of hydrogen-bond acceptors (Lipinski definition) is 5. The Balaban J connectivity index is 1.28. The molecule has 0 N–H and O–H groups in total. The zero-order valence-electron chi connectivity index (χ0n) is 18.6. The smallest absolute Gasteiger partial charge is 0.272 e. The molecule has 1 saturated heterocycles. The normalized spacial score (nSPS) is 14.4. The highest BCUT2D eigenvalue weighted by Gasteiger charge is 2.26. The molecule has 0 saturated carbocycles. The topological polar surface area (TPSA) is 69.5 Å². The van der Waals surface area contributed by atoms with E-state index in [0.717, 1.165) is 40.7 Å². The number of likely N-dealkylation sites (tertiary alicyclic amines) is 1. The standard InChI is InChI=1S/C26H26N4O3/c1-29-18-28-16-24(29)26(31)30-11-8-21(9-12-30)33-25-14-22(13-20-7-10-27-15-23(20)25)32-17-19-5-3-2-4-6-19/h2-7,10,13-16,18,21H,8-9,11-12,17H2,1H3. The summed E-state index contributed by atoms with van der Waals surface area (Å²) in [6.07, 6.45) is 8.41. The molecule has 0 bridgehead atoms.